The Bertz CT molecular complexity index is 578. The molecule has 0 fully saturated rings. The van der Waals surface area contributed by atoms with Crippen molar-refractivity contribution in [3.63, 3.8) is 0 Å². The minimum absolute atomic E-state index is 1.03. The van der Waals surface area contributed by atoms with Gasteiger partial charge in [0, 0.05) is 42.7 Å². The first-order chi connectivity index (χ1) is 8.22. The first-order valence-corrected chi connectivity index (χ1v) is 6.54. The van der Waals surface area contributed by atoms with Crippen molar-refractivity contribution in [1.82, 2.24) is 9.88 Å². The number of rotatable bonds is 1. The normalized spacial score (nSPS) is 15.2. The van der Waals surface area contributed by atoms with Crippen molar-refractivity contribution in [3.05, 3.63) is 34.5 Å². The summed E-state index contributed by atoms with van der Waals surface area (Å²) < 4.78 is 2.51. The fourth-order valence-electron chi connectivity index (χ4n) is 3.26. The smallest absolute Gasteiger partial charge is 0.0491 e. The molecule has 2 nitrogen and oxygen atoms in total. The molecule has 0 aliphatic carbocycles. The lowest BCUT2D eigenvalue weighted by molar-refractivity contribution is 0.606. The van der Waals surface area contributed by atoms with Crippen molar-refractivity contribution in [2.45, 2.75) is 40.3 Å². The Morgan fingerprint density at radius 2 is 2.12 bits per heavy atom. The molecule has 1 aromatic carbocycles. The maximum atomic E-state index is 3.50. The van der Waals surface area contributed by atoms with E-state index in [0.717, 1.165) is 26.1 Å². The monoisotopic (exact) mass is 228 g/mol. The highest BCUT2D eigenvalue weighted by Gasteiger charge is 2.20. The van der Waals surface area contributed by atoms with Gasteiger partial charge in [-0.15, -0.1) is 0 Å². The molecular formula is C15H20N2. The van der Waals surface area contributed by atoms with Gasteiger partial charge in [0.2, 0.25) is 0 Å². The Morgan fingerprint density at radius 3 is 2.88 bits per heavy atom. The Balaban J connectivity index is 2.43. The van der Waals surface area contributed by atoms with Crippen LogP contribution in [0.1, 0.15) is 29.3 Å². The summed E-state index contributed by atoms with van der Waals surface area (Å²) in [6, 6.07) is 4.64. The predicted octanol–water partition coefficient (Wildman–Crippen LogP) is 2.92. The van der Waals surface area contributed by atoms with Gasteiger partial charge in [0.05, 0.1) is 0 Å². The van der Waals surface area contributed by atoms with Crippen molar-refractivity contribution in [2.75, 3.05) is 6.54 Å². The SMILES string of the molecule is CCn1c2c(c3c(C)cc(C)cc31)CNCC2. The molecule has 1 aliphatic heterocycles. The van der Waals surface area contributed by atoms with E-state index in [0.29, 0.717) is 0 Å². The van der Waals surface area contributed by atoms with Crippen molar-refractivity contribution < 1.29 is 0 Å². The molecule has 0 radical (unpaired) electrons. The zero-order valence-corrected chi connectivity index (χ0v) is 10.9. The molecule has 1 aromatic heterocycles. The molecule has 0 amide bonds. The van der Waals surface area contributed by atoms with Gasteiger partial charge >= 0.3 is 0 Å². The topological polar surface area (TPSA) is 17.0 Å². The third-order valence-electron chi connectivity index (χ3n) is 3.88. The molecule has 3 rings (SSSR count). The number of nitrogens with one attached hydrogen (secondary N) is 1. The zero-order valence-electron chi connectivity index (χ0n) is 10.9. The maximum absolute atomic E-state index is 3.50. The molecule has 0 unspecified atom stereocenters. The van der Waals surface area contributed by atoms with Gasteiger partial charge in [0.1, 0.15) is 0 Å². The Morgan fingerprint density at radius 1 is 1.29 bits per heavy atom. The Labute approximate surface area is 103 Å². The number of nitrogens with zero attached hydrogens (tertiary/aromatic N) is 1. The van der Waals surface area contributed by atoms with Gasteiger partial charge in [-0.2, -0.15) is 0 Å². The van der Waals surface area contributed by atoms with Gasteiger partial charge in [-0.25, -0.2) is 0 Å². The third-order valence-corrected chi connectivity index (χ3v) is 3.88. The average Bonchev–Trinajstić information content (AvgIpc) is 2.62. The van der Waals surface area contributed by atoms with Gasteiger partial charge in [0.15, 0.2) is 0 Å². The Hall–Kier alpha value is -1.28. The van der Waals surface area contributed by atoms with E-state index in [1.807, 2.05) is 0 Å². The van der Waals surface area contributed by atoms with E-state index in [-0.39, 0.29) is 0 Å². The fourth-order valence-corrected chi connectivity index (χ4v) is 3.26. The van der Waals surface area contributed by atoms with Crippen molar-refractivity contribution in [1.29, 1.82) is 0 Å². The second-order valence-electron chi connectivity index (χ2n) is 5.07. The van der Waals surface area contributed by atoms with E-state index < -0.39 is 0 Å². The molecule has 90 valence electrons. The molecule has 2 heteroatoms. The van der Waals surface area contributed by atoms with Crippen LogP contribution < -0.4 is 5.32 Å². The number of aryl methyl sites for hydroxylation is 3. The van der Waals surface area contributed by atoms with Crippen LogP contribution in [0.2, 0.25) is 0 Å². The second kappa shape index (κ2) is 3.88. The van der Waals surface area contributed by atoms with Gasteiger partial charge in [-0.3, -0.25) is 0 Å². The lowest BCUT2D eigenvalue weighted by Gasteiger charge is -2.16. The molecule has 17 heavy (non-hydrogen) atoms. The third kappa shape index (κ3) is 1.51. The molecule has 0 bridgehead atoms. The van der Waals surface area contributed by atoms with Crippen LogP contribution in [0, 0.1) is 13.8 Å². The lowest BCUT2D eigenvalue weighted by Crippen LogP contribution is -2.24. The van der Waals surface area contributed by atoms with E-state index in [9.17, 15) is 0 Å². The summed E-state index contributed by atoms with van der Waals surface area (Å²) in [5.74, 6) is 0. The number of benzene rings is 1. The highest BCUT2D eigenvalue weighted by atomic mass is 15.0. The molecule has 0 saturated carbocycles. The standard InChI is InChI=1S/C15H20N2/c1-4-17-13-5-6-16-9-12(13)15-11(3)7-10(2)8-14(15)17/h7-8,16H,4-6,9H2,1-3H3. The Kier molecular flexibility index (Phi) is 2.48. The van der Waals surface area contributed by atoms with Gasteiger partial charge in [-0.05, 0) is 43.5 Å². The summed E-state index contributed by atoms with van der Waals surface area (Å²) in [4.78, 5) is 0. The summed E-state index contributed by atoms with van der Waals surface area (Å²) >= 11 is 0. The van der Waals surface area contributed by atoms with E-state index in [2.05, 4.69) is 42.8 Å². The van der Waals surface area contributed by atoms with Crippen LogP contribution in [0.4, 0.5) is 0 Å². The van der Waals surface area contributed by atoms with Gasteiger partial charge in [0.25, 0.3) is 0 Å². The fraction of sp³-hybridized carbons (Fsp3) is 0.467. The van der Waals surface area contributed by atoms with Crippen LogP contribution in [0.5, 0.6) is 0 Å². The molecule has 2 heterocycles. The molecule has 1 N–H and O–H groups in total. The van der Waals surface area contributed by atoms with Gasteiger partial charge < -0.3 is 9.88 Å². The lowest BCUT2D eigenvalue weighted by atomic mass is 10.0. The summed E-state index contributed by atoms with van der Waals surface area (Å²) in [7, 11) is 0. The van der Waals surface area contributed by atoms with Crippen LogP contribution >= 0.6 is 0 Å². The van der Waals surface area contributed by atoms with E-state index in [1.165, 1.54) is 27.6 Å². The van der Waals surface area contributed by atoms with E-state index in [4.69, 9.17) is 0 Å². The van der Waals surface area contributed by atoms with Crippen molar-refractivity contribution in [2.24, 2.45) is 0 Å². The minimum Gasteiger partial charge on any atom is -0.344 e. The molecule has 0 spiro atoms. The highest BCUT2D eigenvalue weighted by molar-refractivity contribution is 5.89. The highest BCUT2D eigenvalue weighted by Crippen LogP contribution is 2.31. The zero-order chi connectivity index (χ0) is 12.0. The van der Waals surface area contributed by atoms with Crippen LogP contribution in [-0.2, 0) is 19.5 Å². The largest absolute Gasteiger partial charge is 0.344 e. The minimum atomic E-state index is 1.03. The maximum Gasteiger partial charge on any atom is 0.0491 e. The van der Waals surface area contributed by atoms with Crippen molar-refractivity contribution >= 4 is 10.9 Å². The van der Waals surface area contributed by atoms with Crippen molar-refractivity contribution in [3.8, 4) is 0 Å². The van der Waals surface area contributed by atoms with Gasteiger partial charge in [-0.1, -0.05) is 6.07 Å². The number of hydrogen-bond donors (Lipinski definition) is 1. The number of fused-ring (bicyclic) bond motifs is 3. The molecule has 0 saturated heterocycles. The number of hydrogen-bond acceptors (Lipinski definition) is 1. The van der Waals surface area contributed by atoms with Crippen LogP contribution in [0.25, 0.3) is 10.9 Å². The molecule has 0 atom stereocenters. The summed E-state index contributed by atoms with van der Waals surface area (Å²) in [5.41, 5.74) is 7.30. The van der Waals surface area contributed by atoms with E-state index in [1.54, 1.807) is 5.69 Å². The second-order valence-corrected chi connectivity index (χ2v) is 5.07. The first kappa shape index (κ1) is 10.8. The summed E-state index contributed by atoms with van der Waals surface area (Å²) in [5, 5.41) is 4.98. The summed E-state index contributed by atoms with van der Waals surface area (Å²) in [6.07, 6.45) is 1.16. The molecule has 1 aliphatic rings. The predicted molar refractivity (Wildman–Crippen MR) is 72.5 cm³/mol. The quantitative estimate of drug-likeness (QED) is 0.794. The summed E-state index contributed by atoms with van der Waals surface area (Å²) in [6.45, 7) is 9.90. The van der Waals surface area contributed by atoms with Crippen LogP contribution in [0.15, 0.2) is 12.1 Å². The number of aromatic nitrogens is 1. The molecular weight excluding hydrogens is 208 g/mol. The first-order valence-electron chi connectivity index (χ1n) is 6.54. The average molecular weight is 228 g/mol. The van der Waals surface area contributed by atoms with E-state index >= 15 is 0 Å². The molecule has 2 aromatic rings. The van der Waals surface area contributed by atoms with Crippen LogP contribution in [0.3, 0.4) is 0 Å². The van der Waals surface area contributed by atoms with Crippen LogP contribution in [-0.4, -0.2) is 11.1 Å².